The zero-order chi connectivity index (χ0) is 105. The second-order valence-electron chi connectivity index (χ2n) is 36.2. The molecule has 144 heavy (non-hydrogen) atoms. The lowest BCUT2D eigenvalue weighted by molar-refractivity contribution is -0.245. The molecule has 0 aliphatic carbocycles. The van der Waals surface area contributed by atoms with Crippen molar-refractivity contribution in [3.8, 4) is 0 Å². The fourth-order valence-electron chi connectivity index (χ4n) is 18.4. The molecule has 10 rings (SSSR count). The molecule has 0 saturated carbocycles. The Bertz CT molecular complexity index is 4460. The molecular weight excluding hydrogens is 1960 g/mol. The molecule has 8 aliphatic rings. The molecule has 2 aromatic rings. The summed E-state index contributed by atoms with van der Waals surface area (Å²) >= 11 is 5.37. The summed E-state index contributed by atoms with van der Waals surface area (Å²) in [5.74, 6) is -7.67. The summed E-state index contributed by atoms with van der Waals surface area (Å²) in [4.78, 5) is 229. The number of nitrogens with one attached hydrogen (secondary N) is 8. The number of esters is 2. The van der Waals surface area contributed by atoms with Gasteiger partial charge in [0.2, 0.25) is 29.5 Å². The summed E-state index contributed by atoms with van der Waals surface area (Å²) < 4.78 is 9.26. The van der Waals surface area contributed by atoms with E-state index in [1.54, 1.807) is 91.7 Å². The maximum Gasteiger partial charge on any atom is 0.325 e. The second kappa shape index (κ2) is 64.0. The molecule has 0 spiro atoms. The monoisotopic (exact) mass is 2100 g/mol. The molecule has 0 bridgehead atoms. The van der Waals surface area contributed by atoms with Gasteiger partial charge in [-0.3, -0.25) is 123 Å². The number of carboxylic acid groups (broad SMARTS) is 6. The van der Waals surface area contributed by atoms with E-state index in [4.69, 9.17) is 30.9 Å². The number of ether oxygens (including phenoxy) is 2. The molecule has 8 aliphatic heterocycles. The van der Waals surface area contributed by atoms with E-state index in [2.05, 4.69) is 66.8 Å². The van der Waals surface area contributed by atoms with Crippen LogP contribution in [0.5, 0.6) is 0 Å². The molecule has 8 saturated heterocycles. The van der Waals surface area contributed by atoms with Crippen molar-refractivity contribution in [1.29, 1.82) is 0 Å². The molecule has 11 amide bonds. The third kappa shape index (κ3) is 43.4. The molecule has 0 radical (unpaired) electrons. The van der Waals surface area contributed by atoms with E-state index in [1.165, 1.54) is 14.2 Å². The maximum atomic E-state index is 13.2. The standard InChI is InChI=1S/C38H60N8O13S.C37H58N8O13S.C15H23N3O6S/c1-57-36(53)25-46(33(48)5-3-2-4-31-37-30(26-60-31)40-38(54)41-37)22-32(47)39-28-8-6-27(7-9-28)20-29-21-44(23-34(49)50)13-12-42(16-18-58-55)10-11-43(17-19-59-56)14-15-45(29)24-35(51)52;46-31(21-45(24-35(52)53)32(47)4-2-1-3-30-36-29(25-59-30)39-37(54)40-36)38-27-7-5-26(6-8-27)19-28-20-43(22-33(48)49)12-11-41(15-17-57-55)9-10-42(16-18-58-56)13-14-44(28)23-34(50)51;1-24-13(22)7-18(6-12(20)21)11(19)5-3-2-4-10-14-9(8-25-10)16-15(23)17-14/h6-9,29-31,37,55-56H,2-5,10-26H2,1H3,(H,39,47)(H,49,50)(H,51,52)(H2,40,41,54);5-8,28-30,36,55-56H,1-4,9-25H2,(H,38,46)(H,48,49)(H,50,51)(H,52,53)(H2,39,40,54);9-10,14H,2-8H2,1H3,(H,20,21)(H2,16,17,23). The van der Waals surface area contributed by atoms with E-state index in [9.17, 15) is 102 Å². The minimum Gasteiger partial charge on any atom is -0.480 e. The molecule has 0 aromatic heterocycles. The minimum atomic E-state index is -1.25. The lowest BCUT2D eigenvalue weighted by Crippen LogP contribution is -2.53. The van der Waals surface area contributed by atoms with Gasteiger partial charge in [0.25, 0.3) is 0 Å². The maximum absolute atomic E-state index is 13.2. The van der Waals surface area contributed by atoms with E-state index in [0.717, 1.165) is 75.2 Å². The average Bonchev–Trinajstić information content (AvgIpc) is 1.67. The summed E-state index contributed by atoms with van der Waals surface area (Å²) in [6, 6.07) is 13.0. The number of unbranched alkanes of at least 4 members (excludes halogenated alkanes) is 3. The first-order valence-electron chi connectivity index (χ1n) is 48.1. The van der Waals surface area contributed by atoms with Crippen LogP contribution in [0.15, 0.2) is 48.5 Å². The smallest absolute Gasteiger partial charge is 0.325 e. The van der Waals surface area contributed by atoms with Crippen molar-refractivity contribution in [1.82, 2.24) is 85.8 Å². The number of benzene rings is 2. The van der Waals surface area contributed by atoms with E-state index >= 15 is 0 Å². The first-order chi connectivity index (χ1) is 69.1. The predicted molar refractivity (Wildman–Crippen MR) is 523 cm³/mol. The molecule has 54 heteroatoms. The van der Waals surface area contributed by atoms with Crippen LogP contribution in [0.25, 0.3) is 0 Å². The van der Waals surface area contributed by atoms with Gasteiger partial charge in [-0.25, -0.2) is 33.9 Å². The van der Waals surface area contributed by atoms with Crippen LogP contribution < -0.4 is 42.5 Å². The van der Waals surface area contributed by atoms with Gasteiger partial charge in [0.15, 0.2) is 0 Å². The quantitative estimate of drug-likeness (QED) is 0.0124. The van der Waals surface area contributed by atoms with Crippen molar-refractivity contribution in [3.05, 3.63) is 59.7 Å². The highest BCUT2D eigenvalue weighted by Gasteiger charge is 2.46. The SMILES string of the molecule is COC(=O)CN(CC(=O)Nc1ccc(CC2CN(CC(=O)O)CCN(CCOO)CCN(CCOO)CCN2CC(=O)O)cc1)C(=O)CCCCC1SCC2NC(=O)NC21.COC(=O)CN(CC(=O)O)C(=O)CCCCC1SCC2NC(=O)NC21.O=C(O)CN1CCN(CCOO)CCN(CCOO)CCN(CC(=O)O)C(Cc2ccc(NC(=O)CN(CC(=O)O)C(=O)CCCCC3SCC4NC(=O)NC43)cc2)C1. The van der Waals surface area contributed by atoms with Gasteiger partial charge in [0.1, 0.15) is 39.3 Å². The number of anilines is 2. The minimum absolute atomic E-state index is 0.0355. The fraction of sp³-hybridized carbons (Fsp3) is 0.689. The number of carbonyl (C=O) groups excluding carboxylic acids is 10. The van der Waals surface area contributed by atoms with Gasteiger partial charge < -0.3 is 97.3 Å². The van der Waals surface area contributed by atoms with Gasteiger partial charge in [-0.2, -0.15) is 35.3 Å². The van der Waals surface area contributed by atoms with Crippen LogP contribution in [0.2, 0.25) is 0 Å². The number of hydrogen-bond donors (Lipinski definition) is 18. The number of thioether (sulfide) groups is 3. The van der Waals surface area contributed by atoms with Crippen LogP contribution in [0.4, 0.5) is 25.8 Å². The molecule has 11 atom stereocenters. The summed E-state index contributed by atoms with van der Waals surface area (Å²) in [6.07, 6.45) is 7.40. The lowest BCUT2D eigenvalue weighted by atomic mass is 10.0. The van der Waals surface area contributed by atoms with Crippen LogP contribution >= 0.6 is 35.3 Å². The topological polar surface area (TPSA) is 663 Å². The third-order valence-electron chi connectivity index (χ3n) is 25.8. The Balaban J connectivity index is 0.000000285. The van der Waals surface area contributed by atoms with Gasteiger partial charge in [-0.1, -0.05) is 43.5 Å². The summed E-state index contributed by atoms with van der Waals surface area (Å²) in [6.45, 7) is 3.37. The molecule has 806 valence electrons. The first kappa shape index (κ1) is 119. The van der Waals surface area contributed by atoms with Crippen molar-refractivity contribution in [3.63, 3.8) is 0 Å². The van der Waals surface area contributed by atoms with Gasteiger partial charge in [0, 0.05) is 194 Å². The van der Waals surface area contributed by atoms with Crippen molar-refractivity contribution in [2.24, 2.45) is 0 Å². The predicted octanol–water partition coefficient (Wildman–Crippen LogP) is -1.02. The number of carbonyl (C=O) groups is 16. The normalized spacial score (nSPS) is 22.6. The molecular formula is C90H141N19O32S3. The number of hydrogen-bond acceptors (Lipinski definition) is 37. The Hall–Kier alpha value is -10.2. The number of nitrogens with zero attached hydrogens (tertiary/aromatic N) is 11. The van der Waals surface area contributed by atoms with Crippen molar-refractivity contribution < 1.29 is 157 Å². The number of urea groups is 3. The van der Waals surface area contributed by atoms with Gasteiger partial charge in [0.05, 0.1) is 103 Å². The Kier molecular flexibility index (Phi) is 52.9. The number of carboxylic acids is 6. The highest BCUT2D eigenvalue weighted by molar-refractivity contribution is 8.00. The van der Waals surface area contributed by atoms with Gasteiger partial charge in [-0.15, -0.1) is 0 Å². The van der Waals surface area contributed by atoms with Crippen molar-refractivity contribution in [2.75, 3.05) is 252 Å². The van der Waals surface area contributed by atoms with Crippen LogP contribution in [0.1, 0.15) is 88.2 Å². The van der Waals surface area contributed by atoms with Crippen LogP contribution in [0, 0.1) is 0 Å². The Morgan fingerprint density at radius 3 is 0.910 bits per heavy atom. The molecule has 51 nitrogen and oxygen atoms in total. The fourth-order valence-corrected chi connectivity index (χ4v) is 23.0. The summed E-state index contributed by atoms with van der Waals surface area (Å²) in [5.41, 5.74) is 2.39. The number of fused-ring (bicyclic) bond motifs is 3. The lowest BCUT2D eigenvalue weighted by Gasteiger charge is -2.38. The number of amides is 11. The Labute approximate surface area is 846 Å². The molecule has 8 heterocycles. The van der Waals surface area contributed by atoms with Gasteiger partial charge in [-0.05, 0) is 86.8 Å². The third-order valence-corrected chi connectivity index (χ3v) is 30.3. The zero-order valence-corrected chi connectivity index (χ0v) is 83.7. The molecule has 18 N–H and O–H groups in total. The molecule has 2 aromatic carbocycles. The average molecular weight is 2100 g/mol. The highest BCUT2D eigenvalue weighted by Crippen LogP contribution is 2.36. The Morgan fingerprint density at radius 2 is 0.632 bits per heavy atom. The zero-order valence-electron chi connectivity index (χ0n) is 81.2. The molecule has 8 fully saturated rings. The Morgan fingerprint density at radius 1 is 0.354 bits per heavy atom. The molecule has 11 unspecified atom stereocenters. The van der Waals surface area contributed by atoms with E-state index in [-0.39, 0.29) is 175 Å². The second-order valence-corrected chi connectivity index (χ2v) is 40.0. The van der Waals surface area contributed by atoms with Crippen LogP contribution in [-0.4, -0.2) is 506 Å². The van der Waals surface area contributed by atoms with E-state index in [0.29, 0.717) is 160 Å². The van der Waals surface area contributed by atoms with Gasteiger partial charge >= 0.3 is 65.8 Å². The van der Waals surface area contributed by atoms with Crippen molar-refractivity contribution in [2.45, 2.75) is 154 Å². The van der Waals surface area contributed by atoms with E-state index in [1.807, 2.05) is 31.4 Å². The van der Waals surface area contributed by atoms with E-state index < -0.39 is 104 Å². The van der Waals surface area contributed by atoms with Crippen molar-refractivity contribution >= 4 is 142 Å². The number of methoxy groups -OCH3 is 2. The number of aliphatic carboxylic acids is 6. The summed E-state index contributed by atoms with van der Waals surface area (Å²) in [5, 5.41) is 117. The largest absolute Gasteiger partial charge is 0.480 e. The van der Waals surface area contributed by atoms with Crippen LogP contribution in [0.3, 0.4) is 0 Å². The number of rotatable bonds is 53. The van der Waals surface area contributed by atoms with Crippen LogP contribution in [-0.2, 0) is 104 Å². The highest BCUT2D eigenvalue weighted by atomic mass is 32.2. The first-order valence-corrected chi connectivity index (χ1v) is 51.2. The summed E-state index contributed by atoms with van der Waals surface area (Å²) in [7, 11) is 2.39.